The normalized spacial score (nSPS) is 19.9. The maximum atomic E-state index is 6.03. The fraction of sp³-hybridized carbons (Fsp3) is 0.923. The van der Waals surface area contributed by atoms with Gasteiger partial charge in [0.15, 0.2) is 5.96 Å². The summed E-state index contributed by atoms with van der Waals surface area (Å²) in [6, 6.07) is 0.564. The van der Waals surface area contributed by atoms with Crippen LogP contribution in [0.4, 0.5) is 0 Å². The van der Waals surface area contributed by atoms with Crippen LogP contribution in [-0.2, 0) is 0 Å². The fourth-order valence-electron chi connectivity index (χ4n) is 2.20. The number of aliphatic imine (C=N–C) groups is 1. The second kappa shape index (κ2) is 6.84. The van der Waals surface area contributed by atoms with E-state index >= 15 is 0 Å². The highest BCUT2D eigenvalue weighted by atomic mass is 15.3. The number of hydrogen-bond donors (Lipinski definition) is 1. The molecule has 0 spiro atoms. The van der Waals surface area contributed by atoms with Gasteiger partial charge in [-0.3, -0.25) is 4.99 Å². The molecule has 0 radical (unpaired) electrons. The van der Waals surface area contributed by atoms with Gasteiger partial charge in [0.05, 0.1) is 0 Å². The molecule has 1 rings (SSSR count). The molecule has 1 fully saturated rings. The van der Waals surface area contributed by atoms with Crippen LogP contribution in [-0.4, -0.2) is 55.0 Å². The van der Waals surface area contributed by atoms with Gasteiger partial charge in [-0.05, 0) is 25.3 Å². The van der Waals surface area contributed by atoms with Crippen molar-refractivity contribution in [2.45, 2.75) is 39.7 Å². The topological polar surface area (TPSA) is 44.9 Å². The first-order chi connectivity index (χ1) is 8.04. The van der Waals surface area contributed by atoms with Crippen LogP contribution in [0.25, 0.3) is 0 Å². The highest BCUT2D eigenvalue weighted by Crippen LogP contribution is 2.14. The van der Waals surface area contributed by atoms with Crippen LogP contribution in [0.2, 0.25) is 0 Å². The third kappa shape index (κ3) is 4.54. The average Bonchev–Trinajstić information content (AvgIpc) is 2.35. The lowest BCUT2D eigenvalue weighted by atomic mass is 10.0. The van der Waals surface area contributed by atoms with Gasteiger partial charge in [-0.15, -0.1) is 0 Å². The molecule has 0 saturated carbocycles. The van der Waals surface area contributed by atoms with Crippen molar-refractivity contribution in [3.8, 4) is 0 Å². The van der Waals surface area contributed by atoms with Gasteiger partial charge in [-0.1, -0.05) is 20.8 Å². The molecule has 0 aromatic carbocycles. The Morgan fingerprint density at radius 1 is 1.41 bits per heavy atom. The molecule has 0 bridgehead atoms. The molecule has 1 aliphatic heterocycles. The Balaban J connectivity index is 2.42. The lowest BCUT2D eigenvalue weighted by molar-refractivity contribution is 0.171. The van der Waals surface area contributed by atoms with Gasteiger partial charge < -0.3 is 15.5 Å². The predicted octanol–water partition coefficient (Wildman–Crippen LogP) is 1.37. The summed E-state index contributed by atoms with van der Waals surface area (Å²) in [7, 11) is 2.07. The second-order valence-corrected chi connectivity index (χ2v) is 5.37. The summed E-state index contributed by atoms with van der Waals surface area (Å²) in [4.78, 5) is 9.10. The minimum Gasteiger partial charge on any atom is -0.370 e. The zero-order valence-corrected chi connectivity index (χ0v) is 11.8. The summed E-state index contributed by atoms with van der Waals surface area (Å²) >= 11 is 0. The van der Waals surface area contributed by atoms with E-state index in [0.29, 0.717) is 17.9 Å². The van der Waals surface area contributed by atoms with Gasteiger partial charge in [-0.2, -0.15) is 0 Å². The van der Waals surface area contributed by atoms with Gasteiger partial charge in [-0.25, -0.2) is 0 Å². The zero-order chi connectivity index (χ0) is 12.8. The number of rotatable bonds is 4. The molecule has 0 unspecified atom stereocenters. The summed E-state index contributed by atoms with van der Waals surface area (Å²) in [5, 5.41) is 0. The first kappa shape index (κ1) is 14.3. The molecule has 0 aromatic rings. The fourth-order valence-corrected chi connectivity index (χ4v) is 2.20. The highest BCUT2D eigenvalue weighted by Gasteiger charge is 2.22. The Bertz CT molecular complexity index is 242. The van der Waals surface area contributed by atoms with Crippen molar-refractivity contribution in [1.82, 2.24) is 9.80 Å². The Morgan fingerprint density at radius 2 is 2.00 bits per heavy atom. The molecule has 0 aromatic heterocycles. The van der Waals surface area contributed by atoms with Crippen molar-refractivity contribution in [2.24, 2.45) is 16.6 Å². The van der Waals surface area contributed by atoms with E-state index in [2.05, 4.69) is 42.6 Å². The van der Waals surface area contributed by atoms with E-state index in [-0.39, 0.29) is 0 Å². The smallest absolute Gasteiger partial charge is 0.191 e. The van der Waals surface area contributed by atoms with E-state index in [1.165, 1.54) is 25.9 Å². The summed E-state index contributed by atoms with van der Waals surface area (Å²) in [5.74, 6) is 1.28. The van der Waals surface area contributed by atoms with E-state index in [1.807, 2.05) is 0 Å². The molecular weight excluding hydrogens is 212 g/mol. The summed E-state index contributed by atoms with van der Waals surface area (Å²) in [5.41, 5.74) is 6.03. The molecule has 1 saturated heterocycles. The van der Waals surface area contributed by atoms with Gasteiger partial charge in [0.25, 0.3) is 0 Å². The number of piperidine rings is 1. The maximum absolute atomic E-state index is 6.03. The molecular formula is C13H28N4. The second-order valence-electron chi connectivity index (χ2n) is 5.37. The molecule has 1 aliphatic rings. The van der Waals surface area contributed by atoms with Crippen LogP contribution >= 0.6 is 0 Å². The van der Waals surface area contributed by atoms with Crippen molar-refractivity contribution in [3.63, 3.8) is 0 Å². The van der Waals surface area contributed by atoms with Crippen LogP contribution in [0, 0.1) is 5.92 Å². The monoisotopic (exact) mass is 240 g/mol. The van der Waals surface area contributed by atoms with E-state index in [1.54, 1.807) is 0 Å². The molecule has 0 amide bonds. The Kier molecular flexibility index (Phi) is 5.75. The number of guanidine groups is 1. The van der Waals surface area contributed by atoms with Crippen LogP contribution in [0.1, 0.15) is 33.6 Å². The summed E-state index contributed by atoms with van der Waals surface area (Å²) < 4.78 is 0. The maximum Gasteiger partial charge on any atom is 0.191 e. The first-order valence-electron chi connectivity index (χ1n) is 6.79. The molecule has 1 heterocycles. The van der Waals surface area contributed by atoms with Crippen molar-refractivity contribution < 1.29 is 0 Å². The van der Waals surface area contributed by atoms with Crippen molar-refractivity contribution >= 4 is 5.96 Å². The third-order valence-corrected chi connectivity index (χ3v) is 3.53. The highest BCUT2D eigenvalue weighted by molar-refractivity contribution is 5.78. The molecule has 0 aliphatic carbocycles. The number of nitrogens with two attached hydrogens (primary N) is 1. The summed E-state index contributed by atoms with van der Waals surface area (Å²) in [6.07, 6.45) is 2.39. The molecule has 4 heteroatoms. The average molecular weight is 240 g/mol. The van der Waals surface area contributed by atoms with Gasteiger partial charge in [0.2, 0.25) is 0 Å². The standard InChI is InChI=1S/C13H28N4/c1-5-17-8-6-12(7-9-17)16(4)13(14)15-10-11(2)3/h11-12H,5-10H2,1-4H3,(H2,14,15). The van der Waals surface area contributed by atoms with Gasteiger partial charge in [0, 0.05) is 32.7 Å². The van der Waals surface area contributed by atoms with Crippen molar-refractivity contribution in [2.75, 3.05) is 33.2 Å². The Labute approximate surface area is 106 Å². The predicted molar refractivity (Wildman–Crippen MR) is 74.2 cm³/mol. The zero-order valence-electron chi connectivity index (χ0n) is 11.8. The first-order valence-corrected chi connectivity index (χ1v) is 6.79. The Hall–Kier alpha value is -0.770. The van der Waals surface area contributed by atoms with E-state index in [4.69, 9.17) is 5.73 Å². The van der Waals surface area contributed by atoms with Crippen molar-refractivity contribution in [1.29, 1.82) is 0 Å². The van der Waals surface area contributed by atoms with Gasteiger partial charge in [0.1, 0.15) is 0 Å². The minimum absolute atomic E-state index is 0.564. The molecule has 0 atom stereocenters. The lowest BCUT2D eigenvalue weighted by Gasteiger charge is -2.36. The summed E-state index contributed by atoms with van der Waals surface area (Å²) in [6.45, 7) is 10.9. The van der Waals surface area contributed by atoms with Gasteiger partial charge >= 0.3 is 0 Å². The number of likely N-dealkylation sites (tertiary alicyclic amines) is 1. The van der Waals surface area contributed by atoms with E-state index < -0.39 is 0 Å². The molecule has 17 heavy (non-hydrogen) atoms. The number of hydrogen-bond acceptors (Lipinski definition) is 2. The van der Waals surface area contributed by atoms with Crippen LogP contribution in [0.3, 0.4) is 0 Å². The van der Waals surface area contributed by atoms with Crippen molar-refractivity contribution in [3.05, 3.63) is 0 Å². The lowest BCUT2D eigenvalue weighted by Crippen LogP contribution is -2.48. The number of nitrogens with zero attached hydrogens (tertiary/aromatic N) is 3. The minimum atomic E-state index is 0.564. The van der Waals surface area contributed by atoms with E-state index in [9.17, 15) is 0 Å². The van der Waals surface area contributed by atoms with Crippen LogP contribution in [0.15, 0.2) is 4.99 Å². The molecule has 4 nitrogen and oxygen atoms in total. The molecule has 2 N–H and O–H groups in total. The van der Waals surface area contributed by atoms with E-state index in [0.717, 1.165) is 13.1 Å². The Morgan fingerprint density at radius 3 is 2.47 bits per heavy atom. The van der Waals surface area contributed by atoms with Crippen LogP contribution < -0.4 is 5.73 Å². The molecule has 100 valence electrons. The SMILES string of the molecule is CCN1CCC(N(C)C(N)=NCC(C)C)CC1. The largest absolute Gasteiger partial charge is 0.370 e. The third-order valence-electron chi connectivity index (χ3n) is 3.53. The quantitative estimate of drug-likeness (QED) is 0.596. The van der Waals surface area contributed by atoms with Crippen LogP contribution in [0.5, 0.6) is 0 Å².